The van der Waals surface area contributed by atoms with Crippen molar-refractivity contribution < 1.29 is 67.0 Å². The lowest BCUT2D eigenvalue weighted by atomic mass is 9.95. The summed E-state index contributed by atoms with van der Waals surface area (Å²) in [4.78, 5) is 72.7. The van der Waals surface area contributed by atoms with Gasteiger partial charge in [-0.2, -0.15) is 0 Å². The largest absolute Gasteiger partial charge is 0.515 e. The van der Waals surface area contributed by atoms with Gasteiger partial charge >= 0.3 is 43.2 Å². The van der Waals surface area contributed by atoms with Crippen LogP contribution in [0.3, 0.4) is 0 Å². The number of nitrogens with one attached hydrogen (secondary N) is 2. The van der Waals surface area contributed by atoms with Crippen molar-refractivity contribution >= 4 is 128 Å². The van der Waals surface area contributed by atoms with Crippen LogP contribution in [0.25, 0.3) is 44.5 Å². The number of alkyl halides is 6. The maximum atomic E-state index is 12.4. The maximum Gasteiger partial charge on any atom is 0.515 e. The summed E-state index contributed by atoms with van der Waals surface area (Å²) in [6.07, 6.45) is -0.305. The molecule has 0 fully saturated rings. The third-order valence-corrected chi connectivity index (χ3v) is 18.1. The highest BCUT2D eigenvalue weighted by Crippen LogP contribution is 2.35. The number of carbonyl (C=O) groups is 6. The fourth-order valence-corrected chi connectivity index (χ4v) is 10.9. The Morgan fingerprint density at radius 3 is 0.867 bits per heavy atom. The molecule has 0 bridgehead atoms. The van der Waals surface area contributed by atoms with Gasteiger partial charge in [-0.15, -0.1) is 0 Å². The minimum absolute atomic E-state index is 0.317. The number of nitrogens with zero attached hydrogens (tertiary/aromatic N) is 3. The van der Waals surface area contributed by atoms with Crippen LogP contribution in [0.1, 0.15) is 97.4 Å². The van der Waals surface area contributed by atoms with E-state index in [0.717, 1.165) is 63.2 Å². The zero-order valence-electron chi connectivity index (χ0n) is 69.6. The number of aliphatic hydroxyl groups is 1. The molecule has 642 valence electrons. The number of likely N-dealkylation sites (N-methyl/N-ethyl adjacent to an activating group) is 4. The fourth-order valence-electron chi connectivity index (χ4n) is 10.4. The summed E-state index contributed by atoms with van der Waals surface area (Å²) in [5.41, 5.74) is 9.07. The second-order valence-electron chi connectivity index (χ2n) is 28.4. The number of ether oxygens (including phenoxy) is 7. The first-order valence-electron chi connectivity index (χ1n) is 37.9. The van der Waals surface area contributed by atoms with E-state index in [4.69, 9.17) is 112 Å². The van der Waals surface area contributed by atoms with Crippen molar-refractivity contribution in [2.45, 2.75) is 106 Å². The van der Waals surface area contributed by atoms with Crippen LogP contribution in [-0.2, 0) is 46.1 Å². The van der Waals surface area contributed by atoms with E-state index in [1.165, 1.54) is 39.3 Å². The highest BCUT2D eigenvalue weighted by Gasteiger charge is 2.34. The van der Waals surface area contributed by atoms with Gasteiger partial charge in [-0.25, -0.2) is 24.0 Å². The van der Waals surface area contributed by atoms with E-state index in [9.17, 15) is 33.9 Å². The third-order valence-electron chi connectivity index (χ3n) is 17.2. The van der Waals surface area contributed by atoms with Crippen LogP contribution >= 0.6 is 92.8 Å². The topological polar surface area (TPSA) is 221 Å². The first-order valence-corrected chi connectivity index (χ1v) is 41.0. The minimum Gasteiger partial charge on any atom is -0.439 e. The molecule has 19 nitrogen and oxygen atoms in total. The Balaban J connectivity index is 0.000000306. The average Bonchev–Trinajstić information content (AvgIpc) is 0.836. The molecule has 120 heavy (non-hydrogen) atoms. The third kappa shape index (κ3) is 40.7. The quantitative estimate of drug-likeness (QED) is 0.0109. The molecule has 0 spiro atoms. The molecule has 27 heteroatoms. The molecule has 0 saturated heterocycles. The summed E-state index contributed by atoms with van der Waals surface area (Å²) in [7, 11) is 8.79. The fraction of sp³-hybridized carbons (Fsp3) is 0.290. The number of para-hydroxylation sites is 2. The van der Waals surface area contributed by atoms with Crippen LogP contribution in [-0.4, -0.2) is 131 Å². The first kappa shape index (κ1) is 103. The van der Waals surface area contributed by atoms with E-state index < -0.39 is 59.6 Å². The zero-order valence-corrected chi connectivity index (χ0v) is 75.7. The predicted octanol–water partition coefficient (Wildman–Crippen LogP) is 25.4. The Labute approximate surface area is 745 Å². The molecule has 0 aromatic heterocycles. The van der Waals surface area contributed by atoms with Crippen LogP contribution in [0, 0.1) is 0 Å². The van der Waals surface area contributed by atoms with Gasteiger partial charge in [0.1, 0.15) is 28.3 Å². The smallest absolute Gasteiger partial charge is 0.439 e. The van der Waals surface area contributed by atoms with Gasteiger partial charge in [0.2, 0.25) is 0 Å². The van der Waals surface area contributed by atoms with Gasteiger partial charge in [0, 0.05) is 58.9 Å². The molecule has 10 rings (SSSR count). The predicted molar refractivity (Wildman–Crippen MR) is 487 cm³/mol. The molecule has 3 amide bonds. The van der Waals surface area contributed by atoms with Crippen molar-refractivity contribution in [2.75, 3.05) is 68.0 Å². The van der Waals surface area contributed by atoms with Gasteiger partial charge < -0.3 is 63.6 Å². The van der Waals surface area contributed by atoms with E-state index in [-0.39, 0.29) is 6.09 Å². The summed E-state index contributed by atoms with van der Waals surface area (Å²) in [6.45, 7) is 20.2. The molecule has 3 N–H and O–H groups in total. The Kier molecular flexibility index (Phi) is 44.5. The second kappa shape index (κ2) is 51.9. The Morgan fingerprint density at radius 2 is 0.600 bits per heavy atom. The van der Waals surface area contributed by atoms with Gasteiger partial charge in [-0.1, -0.05) is 268 Å². The lowest BCUT2D eigenvalue weighted by Crippen LogP contribution is -2.39. The lowest BCUT2D eigenvalue weighted by molar-refractivity contribution is 0.00615. The van der Waals surface area contributed by atoms with Gasteiger partial charge in [0.05, 0.1) is 5.60 Å². The first-order chi connectivity index (χ1) is 56.6. The molecule has 0 saturated carbocycles. The average molecular weight is 1800 g/mol. The number of hydrogen-bond donors (Lipinski definition) is 3. The number of amides is 3. The van der Waals surface area contributed by atoms with Crippen molar-refractivity contribution in [3.8, 4) is 56.0 Å². The molecule has 0 heterocycles. The number of hydrogen-bond acceptors (Lipinski definition) is 16. The van der Waals surface area contributed by atoms with Gasteiger partial charge in [0.15, 0.2) is 0 Å². The van der Waals surface area contributed by atoms with E-state index in [1.807, 2.05) is 225 Å². The Hall–Kier alpha value is -9.58. The molecule has 0 aliphatic rings. The van der Waals surface area contributed by atoms with Crippen LogP contribution in [0.15, 0.2) is 279 Å². The molecule has 10 aromatic rings. The molecular weight excluding hydrogens is 1690 g/mol. The zero-order chi connectivity index (χ0) is 89.1. The van der Waals surface area contributed by atoms with Crippen LogP contribution < -0.4 is 20.1 Å². The molecular formula is C93H105Cl8N5O14. The van der Waals surface area contributed by atoms with E-state index in [1.54, 1.807) is 88.4 Å². The van der Waals surface area contributed by atoms with Crippen molar-refractivity contribution in [3.05, 3.63) is 301 Å². The molecule has 0 aliphatic heterocycles. The number of benzene rings is 10. The standard InChI is InChI=1S/C22H20O3.C21H25ClN2O3.C20H26N2O2.C15H16O.C7H5ClO2.C5H13N.C3Cl6O3/c1-22(2,25-21(23)24-20-11-7-4-8-12-20)19-15-13-18(14-16-19)17-9-5-3-6-10-17;1-21(2,27-20(26)24(4)15-14-23(3)19(22)25)18-12-10-17(11-13-18)16-8-6-5-7-9-16;1-20(2,24-19(23)22(4)15-14-21-3)18-12-10-17(11-13-18)16-8-6-5-7-9-16;1-15(2,16)14-10-8-13(9-11-14)12-6-4-3-5-7-12;8-7(9)10-6-4-2-1-3-5-6;1-3-4-5-6-2;4-2(5,6)11-1(10)12-3(7,8)9/h3-16H,1-2H3;5-13H,14-15H2,1-4H3;5-13,21H,14-15H2,1-4H3;3-11,16H,1-2H3;1-5H;6H,3-5H2,1-2H3;. The van der Waals surface area contributed by atoms with Crippen molar-refractivity contribution in [3.63, 3.8) is 0 Å². The molecule has 10 aromatic carbocycles. The normalized spacial score (nSPS) is 11.0. The number of unbranched alkanes of at least 4 members (excludes halogenated alkanes) is 1. The van der Waals surface area contributed by atoms with E-state index in [0.29, 0.717) is 31.1 Å². The molecule has 0 aliphatic carbocycles. The molecule has 0 radical (unpaired) electrons. The highest BCUT2D eigenvalue weighted by atomic mass is 35.6. The van der Waals surface area contributed by atoms with Crippen molar-refractivity contribution in [1.29, 1.82) is 0 Å². The van der Waals surface area contributed by atoms with E-state index in [2.05, 4.69) is 92.4 Å². The monoisotopic (exact) mass is 1800 g/mol. The summed E-state index contributed by atoms with van der Waals surface area (Å²) >= 11 is 40.6. The van der Waals surface area contributed by atoms with Crippen LogP contribution in [0.2, 0.25) is 0 Å². The van der Waals surface area contributed by atoms with E-state index >= 15 is 0 Å². The number of carbonyl (C=O) groups excluding carboxylic acids is 6. The van der Waals surface area contributed by atoms with Crippen molar-refractivity contribution in [1.82, 2.24) is 25.3 Å². The highest BCUT2D eigenvalue weighted by molar-refractivity contribution is 6.67. The number of halogens is 8. The van der Waals surface area contributed by atoms with Gasteiger partial charge in [-0.05, 0) is 255 Å². The Morgan fingerprint density at radius 1 is 0.333 bits per heavy atom. The SMILES string of the molecule is CC(C)(O)c1ccc(-c2ccccc2)cc1.CC(C)(OC(=O)Oc1ccccc1)c1ccc(-c2ccccc2)cc1.CCCCNC.CN(CCN(C)C(=O)OC(C)(C)c1ccc(-c2ccccc2)cc1)C(=O)Cl.CNCCN(C)C(=O)OC(C)(C)c1ccc(-c2ccccc2)cc1.O=C(Cl)Oc1ccccc1.O=C(OC(Cl)(Cl)Cl)OC(Cl)(Cl)Cl. The summed E-state index contributed by atoms with van der Waals surface area (Å²) in [6, 6.07) is 90.4. The summed E-state index contributed by atoms with van der Waals surface area (Å²) < 4.78 is 30.1. The Bertz CT molecular complexity index is 4610. The van der Waals surface area contributed by atoms with Crippen LogP contribution in [0.4, 0.5) is 28.8 Å². The maximum absolute atomic E-state index is 12.4. The summed E-state index contributed by atoms with van der Waals surface area (Å²) in [5, 5.41) is 15.4. The number of rotatable bonds is 22. The van der Waals surface area contributed by atoms with Gasteiger partial charge in [0.25, 0.3) is 0 Å². The van der Waals surface area contributed by atoms with Gasteiger partial charge in [-0.3, -0.25) is 4.79 Å². The van der Waals surface area contributed by atoms with Crippen LogP contribution in [0.5, 0.6) is 11.5 Å². The second-order valence-corrected chi connectivity index (χ2v) is 33.4. The summed E-state index contributed by atoms with van der Waals surface area (Å²) in [5.74, 6) is 0.922. The lowest BCUT2D eigenvalue weighted by Gasteiger charge is -2.29. The minimum atomic E-state index is -2.24. The molecule has 0 atom stereocenters. The van der Waals surface area contributed by atoms with Crippen molar-refractivity contribution in [2.24, 2.45) is 0 Å². The molecule has 0 unspecified atom stereocenters.